The van der Waals surface area contributed by atoms with E-state index in [1.165, 1.54) is 6.92 Å². The molecule has 3 aromatic rings. The first-order valence-corrected chi connectivity index (χ1v) is 8.51. The predicted octanol–water partition coefficient (Wildman–Crippen LogP) is 3.16. The monoisotopic (exact) mass is 370 g/mol. The molecule has 1 N–H and O–H groups in total. The van der Waals surface area contributed by atoms with Crippen LogP contribution in [0.5, 0.6) is 5.75 Å². The second-order valence-corrected chi connectivity index (χ2v) is 6.18. The van der Waals surface area contributed by atoms with Crippen LogP contribution in [0.4, 0.5) is 0 Å². The third-order valence-electron chi connectivity index (χ3n) is 3.78. The van der Waals surface area contributed by atoms with Gasteiger partial charge in [0.15, 0.2) is 11.6 Å². The van der Waals surface area contributed by atoms with Crippen LogP contribution >= 0.6 is 11.6 Å². The van der Waals surface area contributed by atoms with Crippen molar-refractivity contribution in [3.63, 3.8) is 0 Å². The lowest BCUT2D eigenvalue weighted by atomic mass is 10.1. The highest BCUT2D eigenvalue weighted by molar-refractivity contribution is 6.30. The van der Waals surface area contributed by atoms with Crippen LogP contribution in [0.1, 0.15) is 24.1 Å². The summed E-state index contributed by atoms with van der Waals surface area (Å²) in [6.45, 7) is 1.74. The van der Waals surface area contributed by atoms with Gasteiger partial charge < -0.3 is 10.1 Å². The molecule has 1 amide bonds. The number of para-hydroxylation sites is 2. The molecule has 1 aromatic heterocycles. The lowest BCUT2D eigenvalue weighted by Gasteiger charge is -2.10. The molecular weight excluding hydrogens is 352 g/mol. The summed E-state index contributed by atoms with van der Waals surface area (Å²) in [6.07, 6.45) is 0.537. The number of carbonyl (C=O) groups excluding carboxylic acids is 1. The predicted molar refractivity (Wildman–Crippen MR) is 99.7 cm³/mol. The van der Waals surface area contributed by atoms with Crippen LogP contribution in [0.3, 0.4) is 0 Å². The number of halogens is 1. The molecule has 134 valence electrons. The first kappa shape index (κ1) is 17.9. The van der Waals surface area contributed by atoms with Crippen LogP contribution in [0.15, 0.2) is 48.5 Å². The van der Waals surface area contributed by atoms with E-state index in [-0.39, 0.29) is 12.5 Å². The minimum atomic E-state index is -0.129. The topological polar surface area (TPSA) is 69.0 Å². The average Bonchev–Trinajstić information content (AvgIpc) is 3.02. The highest BCUT2D eigenvalue weighted by Gasteiger charge is 2.15. The standard InChI is InChI=1S/C19H19ClN4O2/c1-13(25)21-12-19-22-18(11-14-6-5-7-15(20)10-14)23-24(19)16-8-3-4-9-17(16)26-2/h3-10H,11-12H2,1-2H3,(H,21,25). The van der Waals surface area contributed by atoms with Gasteiger partial charge in [-0.3, -0.25) is 4.79 Å². The summed E-state index contributed by atoms with van der Waals surface area (Å²) in [4.78, 5) is 15.9. The van der Waals surface area contributed by atoms with Gasteiger partial charge in [-0.15, -0.1) is 0 Å². The molecule has 0 fully saturated rings. The molecule has 0 unspecified atom stereocenters. The van der Waals surface area contributed by atoms with E-state index in [0.717, 1.165) is 11.3 Å². The molecule has 0 aliphatic heterocycles. The van der Waals surface area contributed by atoms with Crippen LogP contribution in [-0.4, -0.2) is 27.8 Å². The van der Waals surface area contributed by atoms with Crippen LogP contribution in [0.2, 0.25) is 5.02 Å². The molecule has 2 aromatic carbocycles. The number of hydrogen-bond acceptors (Lipinski definition) is 4. The number of nitrogens with one attached hydrogen (secondary N) is 1. The molecule has 3 rings (SSSR count). The van der Waals surface area contributed by atoms with Gasteiger partial charge in [0.2, 0.25) is 5.91 Å². The van der Waals surface area contributed by atoms with Crippen molar-refractivity contribution in [3.05, 3.63) is 70.8 Å². The van der Waals surface area contributed by atoms with Gasteiger partial charge in [0.05, 0.1) is 13.7 Å². The smallest absolute Gasteiger partial charge is 0.217 e. The van der Waals surface area contributed by atoms with Gasteiger partial charge in [-0.2, -0.15) is 5.10 Å². The first-order chi connectivity index (χ1) is 12.6. The van der Waals surface area contributed by atoms with Gasteiger partial charge in [-0.1, -0.05) is 35.9 Å². The van der Waals surface area contributed by atoms with Crippen molar-refractivity contribution in [2.45, 2.75) is 19.9 Å². The number of amides is 1. The molecule has 0 radical (unpaired) electrons. The van der Waals surface area contributed by atoms with Crippen LogP contribution in [-0.2, 0) is 17.8 Å². The number of methoxy groups -OCH3 is 1. The van der Waals surface area contributed by atoms with Crippen LogP contribution in [0, 0.1) is 0 Å². The fourth-order valence-corrected chi connectivity index (χ4v) is 2.82. The third kappa shape index (κ3) is 4.21. The van der Waals surface area contributed by atoms with Crippen molar-refractivity contribution in [2.75, 3.05) is 7.11 Å². The van der Waals surface area contributed by atoms with E-state index in [4.69, 9.17) is 16.3 Å². The molecule has 0 aliphatic carbocycles. The Morgan fingerprint density at radius 3 is 2.77 bits per heavy atom. The zero-order chi connectivity index (χ0) is 18.5. The SMILES string of the molecule is COc1ccccc1-n1nc(Cc2cccc(Cl)c2)nc1CNC(C)=O. The highest BCUT2D eigenvalue weighted by atomic mass is 35.5. The highest BCUT2D eigenvalue weighted by Crippen LogP contribution is 2.23. The van der Waals surface area contributed by atoms with Gasteiger partial charge in [0, 0.05) is 18.4 Å². The van der Waals surface area contributed by atoms with E-state index in [0.29, 0.717) is 28.8 Å². The lowest BCUT2D eigenvalue weighted by molar-refractivity contribution is -0.119. The summed E-state index contributed by atoms with van der Waals surface area (Å²) in [5, 5.41) is 8.07. The Bertz CT molecular complexity index is 923. The second-order valence-electron chi connectivity index (χ2n) is 5.74. The summed E-state index contributed by atoms with van der Waals surface area (Å²) in [5.74, 6) is 1.81. The van der Waals surface area contributed by atoms with E-state index in [9.17, 15) is 4.79 Å². The minimum Gasteiger partial charge on any atom is -0.494 e. The third-order valence-corrected chi connectivity index (χ3v) is 4.01. The van der Waals surface area contributed by atoms with Crippen molar-refractivity contribution in [3.8, 4) is 11.4 Å². The van der Waals surface area contributed by atoms with Crippen molar-refractivity contribution in [2.24, 2.45) is 0 Å². The van der Waals surface area contributed by atoms with E-state index in [2.05, 4.69) is 15.4 Å². The van der Waals surface area contributed by atoms with Crippen LogP contribution in [0.25, 0.3) is 5.69 Å². The van der Waals surface area contributed by atoms with Crippen molar-refractivity contribution in [1.29, 1.82) is 0 Å². The normalized spacial score (nSPS) is 10.6. The van der Waals surface area contributed by atoms with Gasteiger partial charge >= 0.3 is 0 Å². The molecule has 0 spiro atoms. The molecule has 0 saturated heterocycles. The maximum absolute atomic E-state index is 11.3. The second kappa shape index (κ2) is 8.01. The van der Waals surface area contributed by atoms with Crippen molar-refractivity contribution >= 4 is 17.5 Å². The fraction of sp³-hybridized carbons (Fsp3) is 0.211. The number of benzene rings is 2. The Balaban J connectivity index is 1.98. The van der Waals surface area contributed by atoms with Gasteiger partial charge in [0.25, 0.3) is 0 Å². The summed E-state index contributed by atoms with van der Waals surface area (Å²) < 4.78 is 7.13. The zero-order valence-corrected chi connectivity index (χ0v) is 15.3. The van der Waals surface area contributed by atoms with E-state index in [1.807, 2.05) is 48.5 Å². The maximum atomic E-state index is 11.3. The molecule has 0 saturated carbocycles. The Labute approximate surface area is 156 Å². The van der Waals surface area contributed by atoms with E-state index >= 15 is 0 Å². The summed E-state index contributed by atoms with van der Waals surface area (Å²) in [5.41, 5.74) is 1.78. The molecule has 0 bridgehead atoms. The van der Waals surface area contributed by atoms with E-state index in [1.54, 1.807) is 11.8 Å². The quantitative estimate of drug-likeness (QED) is 0.723. The number of aromatic nitrogens is 3. The minimum absolute atomic E-state index is 0.129. The van der Waals surface area contributed by atoms with Crippen molar-refractivity contribution < 1.29 is 9.53 Å². The van der Waals surface area contributed by atoms with Gasteiger partial charge in [-0.25, -0.2) is 9.67 Å². The number of ether oxygens (including phenoxy) is 1. The van der Waals surface area contributed by atoms with E-state index < -0.39 is 0 Å². The molecule has 6 nitrogen and oxygen atoms in total. The zero-order valence-electron chi connectivity index (χ0n) is 14.6. The molecule has 0 atom stereocenters. The summed E-state index contributed by atoms with van der Waals surface area (Å²) >= 11 is 6.06. The molecule has 1 heterocycles. The van der Waals surface area contributed by atoms with Gasteiger partial charge in [0.1, 0.15) is 11.4 Å². The Morgan fingerprint density at radius 2 is 2.04 bits per heavy atom. The largest absolute Gasteiger partial charge is 0.494 e. The molecule has 0 aliphatic rings. The first-order valence-electron chi connectivity index (χ1n) is 8.14. The molecular formula is C19H19ClN4O2. The Hall–Kier alpha value is -2.86. The van der Waals surface area contributed by atoms with Crippen molar-refractivity contribution in [1.82, 2.24) is 20.1 Å². The maximum Gasteiger partial charge on any atom is 0.217 e. The summed E-state index contributed by atoms with van der Waals surface area (Å²) in [7, 11) is 1.61. The number of rotatable bonds is 6. The average molecular weight is 371 g/mol. The van der Waals surface area contributed by atoms with Gasteiger partial charge in [-0.05, 0) is 29.8 Å². The molecule has 26 heavy (non-hydrogen) atoms. The summed E-state index contributed by atoms with van der Waals surface area (Å²) in [6, 6.07) is 15.1. The number of nitrogens with zero attached hydrogens (tertiary/aromatic N) is 3. The number of hydrogen-bond donors (Lipinski definition) is 1. The fourth-order valence-electron chi connectivity index (χ4n) is 2.61. The van der Waals surface area contributed by atoms with Crippen LogP contribution < -0.4 is 10.1 Å². The Morgan fingerprint density at radius 1 is 1.23 bits per heavy atom. The number of carbonyl (C=O) groups is 1. The lowest BCUT2D eigenvalue weighted by Crippen LogP contribution is -2.21. The molecule has 7 heteroatoms. The Kier molecular flexibility index (Phi) is 5.53.